The van der Waals surface area contributed by atoms with Crippen LogP contribution >= 0.6 is 27.3 Å². The van der Waals surface area contributed by atoms with Crippen molar-refractivity contribution in [2.75, 3.05) is 6.54 Å². The minimum absolute atomic E-state index is 0.473. The molecule has 1 aromatic rings. The Bertz CT molecular complexity index is 309. The molecule has 0 aliphatic rings. The van der Waals surface area contributed by atoms with E-state index in [0.29, 0.717) is 17.9 Å². The van der Waals surface area contributed by atoms with E-state index in [1.54, 1.807) is 11.3 Å². The van der Waals surface area contributed by atoms with Crippen molar-refractivity contribution in [1.82, 2.24) is 5.32 Å². The molecule has 1 aromatic heterocycles. The van der Waals surface area contributed by atoms with Crippen LogP contribution in [0, 0.1) is 11.8 Å². The predicted octanol–water partition coefficient (Wildman–Crippen LogP) is 4.84. The van der Waals surface area contributed by atoms with Gasteiger partial charge >= 0.3 is 0 Å². The van der Waals surface area contributed by atoms with Gasteiger partial charge < -0.3 is 5.32 Å². The fraction of sp³-hybridized carbons (Fsp3) is 0.692. The fourth-order valence-electron chi connectivity index (χ4n) is 1.78. The third kappa shape index (κ3) is 3.57. The van der Waals surface area contributed by atoms with Gasteiger partial charge in [-0.2, -0.15) is 11.3 Å². The van der Waals surface area contributed by atoms with Crippen LogP contribution in [0.2, 0.25) is 0 Å². The monoisotopic (exact) mass is 303 g/mol. The highest BCUT2D eigenvalue weighted by atomic mass is 79.9. The number of thiophene rings is 1. The van der Waals surface area contributed by atoms with E-state index in [2.05, 4.69) is 59.7 Å². The molecule has 2 atom stereocenters. The van der Waals surface area contributed by atoms with Gasteiger partial charge in [0.2, 0.25) is 0 Å². The summed E-state index contributed by atoms with van der Waals surface area (Å²) in [7, 11) is 0. The second-order valence-corrected chi connectivity index (χ2v) is 6.31. The maximum atomic E-state index is 3.67. The molecule has 2 unspecified atom stereocenters. The molecule has 0 bridgehead atoms. The van der Waals surface area contributed by atoms with Crippen molar-refractivity contribution in [3.8, 4) is 0 Å². The summed E-state index contributed by atoms with van der Waals surface area (Å²) in [6.45, 7) is 10.2. The average molecular weight is 304 g/mol. The van der Waals surface area contributed by atoms with Crippen molar-refractivity contribution in [1.29, 1.82) is 0 Å². The van der Waals surface area contributed by atoms with Crippen LogP contribution < -0.4 is 5.32 Å². The highest BCUT2D eigenvalue weighted by molar-refractivity contribution is 9.10. The Morgan fingerprint density at radius 1 is 1.31 bits per heavy atom. The zero-order chi connectivity index (χ0) is 12.1. The minimum Gasteiger partial charge on any atom is -0.310 e. The molecule has 92 valence electrons. The third-order valence-corrected chi connectivity index (χ3v) is 4.92. The van der Waals surface area contributed by atoms with E-state index in [0.717, 1.165) is 6.54 Å². The molecule has 3 heteroatoms. The first kappa shape index (κ1) is 14.2. The third-order valence-electron chi connectivity index (χ3n) is 3.17. The Morgan fingerprint density at radius 3 is 2.44 bits per heavy atom. The van der Waals surface area contributed by atoms with E-state index in [4.69, 9.17) is 0 Å². The Hall–Kier alpha value is 0.140. The van der Waals surface area contributed by atoms with Crippen molar-refractivity contribution in [2.45, 2.75) is 40.2 Å². The smallest absolute Gasteiger partial charge is 0.0367 e. The SMILES string of the molecule is CCCNC(c1cscc1Br)C(C)C(C)C. The van der Waals surface area contributed by atoms with Crippen LogP contribution in [0.25, 0.3) is 0 Å². The summed E-state index contributed by atoms with van der Waals surface area (Å²) in [5.74, 6) is 1.35. The van der Waals surface area contributed by atoms with E-state index in [1.165, 1.54) is 16.5 Å². The van der Waals surface area contributed by atoms with Crippen molar-refractivity contribution >= 4 is 27.3 Å². The quantitative estimate of drug-likeness (QED) is 0.792. The van der Waals surface area contributed by atoms with Crippen molar-refractivity contribution in [3.05, 3.63) is 20.8 Å². The molecule has 0 spiro atoms. The van der Waals surface area contributed by atoms with E-state index in [9.17, 15) is 0 Å². The molecule has 0 aliphatic heterocycles. The van der Waals surface area contributed by atoms with E-state index in [-0.39, 0.29) is 0 Å². The maximum absolute atomic E-state index is 3.67. The molecule has 1 rings (SSSR count). The van der Waals surface area contributed by atoms with Gasteiger partial charge in [-0.05, 0) is 51.7 Å². The van der Waals surface area contributed by atoms with Crippen LogP contribution in [0.1, 0.15) is 45.7 Å². The van der Waals surface area contributed by atoms with E-state index < -0.39 is 0 Å². The number of halogens is 1. The van der Waals surface area contributed by atoms with Crippen LogP contribution in [0.4, 0.5) is 0 Å². The Labute approximate surface area is 112 Å². The second kappa shape index (κ2) is 6.77. The lowest BCUT2D eigenvalue weighted by Gasteiger charge is -2.28. The first-order chi connectivity index (χ1) is 7.57. The molecule has 0 fully saturated rings. The van der Waals surface area contributed by atoms with Gasteiger partial charge in [-0.1, -0.05) is 27.7 Å². The van der Waals surface area contributed by atoms with Gasteiger partial charge in [0.05, 0.1) is 0 Å². The van der Waals surface area contributed by atoms with Crippen molar-refractivity contribution in [3.63, 3.8) is 0 Å². The van der Waals surface area contributed by atoms with Gasteiger partial charge in [0.1, 0.15) is 0 Å². The largest absolute Gasteiger partial charge is 0.310 e. The molecular formula is C13H22BrNS. The number of nitrogens with one attached hydrogen (secondary N) is 1. The molecule has 0 amide bonds. The molecule has 1 N–H and O–H groups in total. The van der Waals surface area contributed by atoms with Crippen molar-refractivity contribution in [2.24, 2.45) is 11.8 Å². The van der Waals surface area contributed by atoms with Gasteiger partial charge in [-0.15, -0.1) is 0 Å². The fourth-order valence-corrected chi connectivity index (χ4v) is 3.36. The van der Waals surface area contributed by atoms with Gasteiger partial charge in [-0.3, -0.25) is 0 Å². The Morgan fingerprint density at radius 2 is 2.00 bits per heavy atom. The summed E-state index contributed by atoms with van der Waals surface area (Å²) < 4.78 is 1.25. The molecule has 16 heavy (non-hydrogen) atoms. The first-order valence-corrected chi connectivity index (χ1v) is 7.76. The molecule has 0 radical (unpaired) electrons. The predicted molar refractivity (Wildman–Crippen MR) is 77.1 cm³/mol. The number of hydrogen-bond acceptors (Lipinski definition) is 2. The van der Waals surface area contributed by atoms with Gasteiger partial charge in [0.15, 0.2) is 0 Å². The summed E-state index contributed by atoms with van der Waals surface area (Å²) >= 11 is 5.42. The normalized spacial score (nSPS) is 15.4. The van der Waals surface area contributed by atoms with E-state index >= 15 is 0 Å². The molecule has 1 nitrogen and oxygen atoms in total. The first-order valence-electron chi connectivity index (χ1n) is 6.02. The van der Waals surface area contributed by atoms with Gasteiger partial charge in [-0.25, -0.2) is 0 Å². The number of hydrogen-bond donors (Lipinski definition) is 1. The van der Waals surface area contributed by atoms with Gasteiger partial charge in [0, 0.05) is 15.9 Å². The van der Waals surface area contributed by atoms with Crippen LogP contribution in [0.3, 0.4) is 0 Å². The molecule has 1 heterocycles. The summed E-state index contributed by atoms with van der Waals surface area (Å²) in [6.07, 6.45) is 1.18. The summed E-state index contributed by atoms with van der Waals surface area (Å²) in [4.78, 5) is 0. The zero-order valence-electron chi connectivity index (χ0n) is 10.6. The molecule has 0 aliphatic carbocycles. The topological polar surface area (TPSA) is 12.0 Å². The minimum atomic E-state index is 0.473. The molecule has 0 saturated carbocycles. The number of rotatable bonds is 6. The summed E-state index contributed by atoms with van der Waals surface area (Å²) in [6, 6.07) is 0.473. The zero-order valence-corrected chi connectivity index (χ0v) is 13.0. The highest BCUT2D eigenvalue weighted by Gasteiger charge is 2.23. The summed E-state index contributed by atoms with van der Waals surface area (Å²) in [5.41, 5.74) is 1.42. The lowest BCUT2D eigenvalue weighted by Crippen LogP contribution is -2.30. The lowest BCUT2D eigenvalue weighted by molar-refractivity contribution is 0.303. The Kier molecular flexibility index (Phi) is 6.01. The van der Waals surface area contributed by atoms with E-state index in [1.807, 2.05) is 0 Å². The van der Waals surface area contributed by atoms with Crippen LogP contribution in [-0.4, -0.2) is 6.54 Å². The van der Waals surface area contributed by atoms with Gasteiger partial charge in [0.25, 0.3) is 0 Å². The van der Waals surface area contributed by atoms with Crippen LogP contribution in [0.15, 0.2) is 15.2 Å². The van der Waals surface area contributed by atoms with Crippen molar-refractivity contribution < 1.29 is 0 Å². The Balaban J connectivity index is 2.83. The second-order valence-electron chi connectivity index (χ2n) is 4.71. The molecule has 0 saturated heterocycles. The maximum Gasteiger partial charge on any atom is 0.0367 e. The molecular weight excluding hydrogens is 282 g/mol. The standard InChI is InChI=1S/C13H22BrNS/c1-5-6-15-13(10(4)9(2)3)11-7-16-8-12(11)14/h7-10,13,15H,5-6H2,1-4H3. The average Bonchev–Trinajstić information content (AvgIpc) is 2.65. The lowest BCUT2D eigenvalue weighted by atomic mass is 9.87. The van der Waals surface area contributed by atoms with Crippen LogP contribution in [-0.2, 0) is 0 Å². The van der Waals surface area contributed by atoms with Crippen LogP contribution in [0.5, 0.6) is 0 Å². The highest BCUT2D eigenvalue weighted by Crippen LogP contribution is 2.34. The molecule has 0 aromatic carbocycles. The summed E-state index contributed by atoms with van der Waals surface area (Å²) in [5, 5.41) is 8.10.